The molecule has 0 radical (unpaired) electrons. The molecule has 2 amide bonds. The minimum atomic E-state index is -4.32. The second kappa shape index (κ2) is 6.50. The number of amides is 2. The molecule has 9 heteroatoms. The van der Waals surface area contributed by atoms with E-state index in [0.29, 0.717) is 24.2 Å². The van der Waals surface area contributed by atoms with E-state index in [0.717, 1.165) is 16.7 Å². The molecular formula is C15H16F3N5O. The van der Waals surface area contributed by atoms with Gasteiger partial charge in [0.05, 0.1) is 11.7 Å². The number of anilines is 1. The number of aromatic nitrogens is 3. The number of rotatable bonds is 3. The zero-order chi connectivity index (χ0) is 17.2. The van der Waals surface area contributed by atoms with Crippen LogP contribution in [0.2, 0.25) is 0 Å². The first kappa shape index (κ1) is 16.3. The van der Waals surface area contributed by atoms with Crippen LogP contribution in [0.5, 0.6) is 0 Å². The molecule has 2 heterocycles. The van der Waals surface area contributed by atoms with Gasteiger partial charge in [-0.1, -0.05) is 0 Å². The summed E-state index contributed by atoms with van der Waals surface area (Å²) in [4.78, 5) is 15.9. The van der Waals surface area contributed by atoms with Crippen molar-refractivity contribution in [3.8, 4) is 0 Å². The molecule has 1 aliphatic carbocycles. The first-order valence-electron chi connectivity index (χ1n) is 7.51. The Bertz CT molecular complexity index is 714. The summed E-state index contributed by atoms with van der Waals surface area (Å²) in [5.74, 6) is 0. The van der Waals surface area contributed by atoms with Crippen LogP contribution in [0.3, 0.4) is 0 Å². The quantitative estimate of drug-likeness (QED) is 0.903. The summed E-state index contributed by atoms with van der Waals surface area (Å²) in [6.45, 7) is -1.13. The fourth-order valence-electron chi connectivity index (χ4n) is 2.76. The highest BCUT2D eigenvalue weighted by Gasteiger charge is 2.31. The maximum Gasteiger partial charge on any atom is 0.408 e. The van der Waals surface area contributed by atoms with Gasteiger partial charge in [0.1, 0.15) is 6.54 Å². The van der Waals surface area contributed by atoms with Gasteiger partial charge in [0.25, 0.3) is 0 Å². The minimum Gasteiger partial charge on any atom is -0.329 e. The van der Waals surface area contributed by atoms with E-state index in [1.807, 2.05) is 0 Å². The Hall–Kier alpha value is -2.58. The van der Waals surface area contributed by atoms with Gasteiger partial charge in [-0.25, -0.2) is 4.79 Å². The van der Waals surface area contributed by atoms with Crippen molar-refractivity contribution in [2.75, 3.05) is 5.32 Å². The van der Waals surface area contributed by atoms with Gasteiger partial charge in [-0.3, -0.25) is 9.67 Å². The Labute approximate surface area is 136 Å². The van der Waals surface area contributed by atoms with Crippen LogP contribution in [0.25, 0.3) is 0 Å². The van der Waals surface area contributed by atoms with Crippen LogP contribution in [0, 0.1) is 0 Å². The third-order valence-electron chi connectivity index (χ3n) is 3.72. The number of nitrogens with zero attached hydrogens (tertiary/aromatic N) is 3. The smallest absolute Gasteiger partial charge is 0.329 e. The van der Waals surface area contributed by atoms with Crippen LogP contribution in [0.4, 0.5) is 23.7 Å². The van der Waals surface area contributed by atoms with Crippen molar-refractivity contribution in [3.05, 3.63) is 42.0 Å². The number of aryl methyl sites for hydroxylation is 1. The standard InChI is InChI=1S/C15H16F3N5O/c16-15(17,18)9-23-8-10-2-1-3-12(13(10)22-23)21-14(24)20-11-4-6-19-7-5-11/h4-8,12H,1-3,9H2,(H2,19,20,21,24)/t12-/m1/s1. The molecule has 2 aromatic heterocycles. The van der Waals surface area contributed by atoms with Crippen molar-refractivity contribution in [1.29, 1.82) is 0 Å². The van der Waals surface area contributed by atoms with E-state index in [1.165, 1.54) is 6.20 Å². The summed E-state index contributed by atoms with van der Waals surface area (Å²) in [5, 5.41) is 9.45. The Kier molecular flexibility index (Phi) is 4.41. The maximum absolute atomic E-state index is 12.5. The Morgan fingerprint density at radius 2 is 2.08 bits per heavy atom. The monoisotopic (exact) mass is 339 g/mol. The van der Waals surface area contributed by atoms with Crippen molar-refractivity contribution in [2.24, 2.45) is 0 Å². The molecule has 24 heavy (non-hydrogen) atoms. The second-order valence-electron chi connectivity index (χ2n) is 5.63. The molecule has 0 saturated carbocycles. The molecule has 0 aromatic carbocycles. The van der Waals surface area contributed by atoms with Crippen molar-refractivity contribution in [1.82, 2.24) is 20.1 Å². The number of alkyl halides is 3. The molecule has 2 N–H and O–H groups in total. The SMILES string of the molecule is O=C(Nc1ccncc1)N[C@@H]1CCCc2cn(CC(F)(F)F)nc21. The number of urea groups is 1. The number of hydrogen-bond acceptors (Lipinski definition) is 3. The summed E-state index contributed by atoms with van der Waals surface area (Å²) < 4.78 is 38.4. The number of pyridine rings is 1. The predicted molar refractivity (Wildman–Crippen MR) is 80.4 cm³/mol. The van der Waals surface area contributed by atoms with E-state index in [1.54, 1.807) is 24.5 Å². The van der Waals surface area contributed by atoms with Crippen LogP contribution in [-0.4, -0.2) is 27.0 Å². The second-order valence-corrected chi connectivity index (χ2v) is 5.63. The lowest BCUT2D eigenvalue weighted by molar-refractivity contribution is -0.142. The van der Waals surface area contributed by atoms with Gasteiger partial charge >= 0.3 is 12.2 Å². The average molecular weight is 339 g/mol. The highest BCUT2D eigenvalue weighted by Crippen LogP contribution is 2.29. The summed E-state index contributed by atoms with van der Waals surface area (Å²) in [7, 11) is 0. The van der Waals surface area contributed by atoms with E-state index in [4.69, 9.17) is 0 Å². The van der Waals surface area contributed by atoms with E-state index < -0.39 is 24.8 Å². The van der Waals surface area contributed by atoms with Crippen molar-refractivity contribution >= 4 is 11.7 Å². The lowest BCUT2D eigenvalue weighted by atomic mass is 9.94. The molecule has 2 aromatic rings. The van der Waals surface area contributed by atoms with Gasteiger partial charge in [0, 0.05) is 24.3 Å². The maximum atomic E-state index is 12.5. The number of carbonyl (C=O) groups is 1. The number of halogens is 3. The van der Waals surface area contributed by atoms with E-state index in [9.17, 15) is 18.0 Å². The number of carbonyl (C=O) groups excluding carboxylic acids is 1. The zero-order valence-electron chi connectivity index (χ0n) is 12.7. The molecule has 1 aliphatic rings. The van der Waals surface area contributed by atoms with Crippen LogP contribution in [0.15, 0.2) is 30.7 Å². The highest BCUT2D eigenvalue weighted by molar-refractivity contribution is 5.89. The Morgan fingerprint density at radius 3 is 2.79 bits per heavy atom. The van der Waals surface area contributed by atoms with Gasteiger partial charge in [-0.05, 0) is 37.0 Å². The van der Waals surface area contributed by atoms with Crippen molar-refractivity contribution in [2.45, 2.75) is 38.0 Å². The third kappa shape index (κ3) is 4.03. The fraction of sp³-hybridized carbons (Fsp3) is 0.400. The number of nitrogens with one attached hydrogen (secondary N) is 2. The first-order chi connectivity index (χ1) is 11.4. The third-order valence-corrected chi connectivity index (χ3v) is 3.72. The largest absolute Gasteiger partial charge is 0.408 e. The number of hydrogen-bond donors (Lipinski definition) is 2. The van der Waals surface area contributed by atoms with Crippen LogP contribution in [-0.2, 0) is 13.0 Å². The first-order valence-corrected chi connectivity index (χ1v) is 7.51. The van der Waals surface area contributed by atoms with Crippen molar-refractivity contribution in [3.63, 3.8) is 0 Å². The molecule has 0 aliphatic heterocycles. The molecule has 3 rings (SSSR count). The van der Waals surface area contributed by atoms with Crippen LogP contribution in [0.1, 0.15) is 30.1 Å². The molecule has 1 atom stereocenters. The summed E-state index contributed by atoms with van der Waals surface area (Å²) in [6, 6.07) is 2.46. The van der Waals surface area contributed by atoms with Gasteiger partial charge in [0.15, 0.2) is 0 Å². The fourth-order valence-corrected chi connectivity index (χ4v) is 2.76. The molecule has 0 spiro atoms. The minimum absolute atomic E-state index is 0.398. The van der Waals surface area contributed by atoms with Gasteiger partial charge in [-0.2, -0.15) is 18.3 Å². The Balaban J connectivity index is 1.69. The average Bonchev–Trinajstić information content (AvgIpc) is 2.89. The molecule has 0 bridgehead atoms. The molecule has 128 valence electrons. The zero-order valence-corrected chi connectivity index (χ0v) is 12.7. The van der Waals surface area contributed by atoms with Gasteiger partial charge in [-0.15, -0.1) is 0 Å². The van der Waals surface area contributed by atoms with Crippen LogP contribution >= 0.6 is 0 Å². The molecule has 0 saturated heterocycles. The van der Waals surface area contributed by atoms with Gasteiger partial charge in [0.2, 0.25) is 0 Å². The summed E-state index contributed by atoms with van der Waals surface area (Å²) in [6.07, 6.45) is 2.27. The normalized spacial score (nSPS) is 17.2. The Morgan fingerprint density at radius 1 is 1.33 bits per heavy atom. The lowest BCUT2D eigenvalue weighted by Crippen LogP contribution is -2.34. The predicted octanol–water partition coefficient (Wildman–Crippen LogP) is 3.04. The van der Waals surface area contributed by atoms with E-state index in [-0.39, 0.29) is 0 Å². The van der Waals surface area contributed by atoms with Gasteiger partial charge < -0.3 is 10.6 Å². The molecular weight excluding hydrogens is 323 g/mol. The van der Waals surface area contributed by atoms with E-state index >= 15 is 0 Å². The topological polar surface area (TPSA) is 71.8 Å². The lowest BCUT2D eigenvalue weighted by Gasteiger charge is -2.22. The highest BCUT2D eigenvalue weighted by atomic mass is 19.4. The van der Waals surface area contributed by atoms with E-state index in [2.05, 4.69) is 20.7 Å². The van der Waals surface area contributed by atoms with Crippen molar-refractivity contribution < 1.29 is 18.0 Å². The summed E-state index contributed by atoms with van der Waals surface area (Å²) >= 11 is 0. The molecule has 6 nitrogen and oxygen atoms in total. The molecule has 0 fully saturated rings. The summed E-state index contributed by atoms with van der Waals surface area (Å²) in [5.41, 5.74) is 1.84. The number of fused-ring (bicyclic) bond motifs is 1. The van der Waals surface area contributed by atoms with Crippen LogP contribution < -0.4 is 10.6 Å². The molecule has 0 unspecified atom stereocenters.